The van der Waals surface area contributed by atoms with Crippen LogP contribution in [0, 0.1) is 0 Å². The van der Waals surface area contributed by atoms with Crippen LogP contribution in [0.1, 0.15) is 0 Å². The number of fused-ring (bicyclic) bond motifs is 2. The molecule has 0 unspecified atom stereocenters. The van der Waals surface area contributed by atoms with E-state index in [1.807, 2.05) is 0 Å². The van der Waals surface area contributed by atoms with Gasteiger partial charge in [-0.3, -0.25) is 0 Å². The summed E-state index contributed by atoms with van der Waals surface area (Å²) in [6, 6.07) is 89.6. The zero-order valence-electron chi connectivity index (χ0n) is 31.6. The largest absolute Gasteiger partial charge is 0.179 e. The first-order chi connectivity index (χ1) is 28.3. The van der Waals surface area contributed by atoms with Crippen molar-refractivity contribution in [3.05, 3.63) is 243 Å². The normalized spacial score (nSPS) is 11.5. The van der Waals surface area contributed by atoms with E-state index >= 15 is 0 Å². The van der Waals surface area contributed by atoms with Crippen molar-refractivity contribution in [3.8, 4) is 44.5 Å². The Kier molecular flexibility index (Phi) is 8.99. The first kappa shape index (κ1) is 34.4. The third-order valence-electron chi connectivity index (χ3n) is 11.6. The molecule has 10 aromatic carbocycles. The van der Waals surface area contributed by atoms with Crippen LogP contribution in [0.3, 0.4) is 0 Å². The van der Waals surface area contributed by atoms with E-state index in [1.54, 1.807) is 0 Å². The molecule has 0 aliphatic heterocycles. The fourth-order valence-electron chi connectivity index (χ4n) is 9.06. The van der Waals surface area contributed by atoms with E-state index in [1.165, 1.54) is 86.8 Å². The van der Waals surface area contributed by atoms with Crippen molar-refractivity contribution in [1.29, 1.82) is 0 Å². The van der Waals surface area contributed by atoms with Gasteiger partial charge in [-0.15, -0.1) is 0 Å². The Bertz CT molecular complexity index is 2820. The molecule has 0 atom stereocenters. The molecular weight excluding hydrogens is 701 g/mol. The highest BCUT2D eigenvalue weighted by atomic mass is 28.3. The van der Waals surface area contributed by atoms with Gasteiger partial charge in [0.15, 0.2) is 8.07 Å². The summed E-state index contributed by atoms with van der Waals surface area (Å²) in [6.07, 6.45) is 0. The third-order valence-corrected chi connectivity index (χ3v) is 16.4. The van der Waals surface area contributed by atoms with Crippen LogP contribution in [-0.2, 0) is 0 Å². The summed E-state index contributed by atoms with van der Waals surface area (Å²) in [5, 5.41) is 10.5. The van der Waals surface area contributed by atoms with Crippen LogP contribution in [0.2, 0.25) is 0 Å². The van der Waals surface area contributed by atoms with Crippen LogP contribution < -0.4 is 20.7 Å². The lowest BCUT2D eigenvalue weighted by molar-refractivity contribution is 1.58. The average molecular weight is 741 g/mol. The van der Waals surface area contributed by atoms with Gasteiger partial charge in [0.1, 0.15) is 0 Å². The van der Waals surface area contributed by atoms with Gasteiger partial charge in [-0.25, -0.2) is 0 Å². The number of benzene rings is 10. The number of rotatable bonds is 8. The molecule has 0 amide bonds. The predicted molar refractivity (Wildman–Crippen MR) is 247 cm³/mol. The Morgan fingerprint density at radius 3 is 0.930 bits per heavy atom. The van der Waals surface area contributed by atoms with E-state index in [9.17, 15) is 0 Å². The molecule has 0 aliphatic rings. The van der Waals surface area contributed by atoms with Gasteiger partial charge in [-0.1, -0.05) is 231 Å². The SMILES string of the molecule is c1ccc(-c2cccc(-c3cccc(-c4c5ccccc5c(-c5ccc([Si](c6ccccc6)(c6ccccc6)c6ccccc6)cc5)c5ccccc45)c3)c2)cc1. The molecule has 0 spiro atoms. The minimum absolute atomic E-state index is 1.21. The van der Waals surface area contributed by atoms with Crippen LogP contribution in [0.15, 0.2) is 243 Å². The maximum absolute atomic E-state index is 2.64. The Morgan fingerprint density at radius 2 is 0.491 bits per heavy atom. The molecule has 0 aromatic heterocycles. The summed E-state index contributed by atoms with van der Waals surface area (Å²) >= 11 is 0. The molecule has 0 saturated heterocycles. The Hall–Kier alpha value is -7.06. The highest BCUT2D eigenvalue weighted by Gasteiger charge is 2.41. The molecule has 268 valence electrons. The van der Waals surface area contributed by atoms with E-state index in [4.69, 9.17) is 0 Å². The highest BCUT2D eigenvalue weighted by Crippen LogP contribution is 2.44. The molecule has 0 N–H and O–H groups in total. The molecule has 0 radical (unpaired) electrons. The summed E-state index contributed by atoms with van der Waals surface area (Å²) in [7, 11) is -2.64. The highest BCUT2D eigenvalue weighted by molar-refractivity contribution is 7.19. The number of hydrogen-bond donors (Lipinski definition) is 0. The van der Waals surface area contributed by atoms with Gasteiger partial charge < -0.3 is 0 Å². The molecule has 0 bridgehead atoms. The fraction of sp³-hybridized carbons (Fsp3) is 0. The van der Waals surface area contributed by atoms with Crippen molar-refractivity contribution in [2.45, 2.75) is 0 Å². The maximum atomic E-state index is 2.42. The lowest BCUT2D eigenvalue weighted by Crippen LogP contribution is -2.74. The van der Waals surface area contributed by atoms with Crippen molar-refractivity contribution >= 4 is 50.4 Å². The van der Waals surface area contributed by atoms with Crippen LogP contribution >= 0.6 is 0 Å². The minimum Gasteiger partial charge on any atom is -0.0623 e. The smallest absolute Gasteiger partial charge is 0.0623 e. The van der Waals surface area contributed by atoms with Gasteiger partial charge in [0.05, 0.1) is 0 Å². The lowest BCUT2D eigenvalue weighted by Gasteiger charge is -2.34. The molecule has 10 aromatic rings. The van der Waals surface area contributed by atoms with Crippen molar-refractivity contribution in [3.63, 3.8) is 0 Å². The fourth-order valence-corrected chi connectivity index (χ4v) is 13.8. The topological polar surface area (TPSA) is 0 Å². The first-order valence-electron chi connectivity index (χ1n) is 19.8. The summed E-state index contributed by atoms with van der Waals surface area (Å²) in [4.78, 5) is 0. The molecule has 0 saturated carbocycles. The lowest BCUT2D eigenvalue weighted by atomic mass is 9.85. The Labute approximate surface area is 336 Å². The zero-order chi connectivity index (χ0) is 38.0. The first-order valence-corrected chi connectivity index (χ1v) is 21.8. The molecule has 0 heterocycles. The quantitative estimate of drug-likeness (QED) is 0.0827. The van der Waals surface area contributed by atoms with Gasteiger partial charge in [-0.2, -0.15) is 0 Å². The molecule has 0 aliphatic carbocycles. The van der Waals surface area contributed by atoms with E-state index in [0.717, 1.165) is 0 Å². The van der Waals surface area contributed by atoms with Crippen molar-refractivity contribution in [1.82, 2.24) is 0 Å². The van der Waals surface area contributed by atoms with Crippen molar-refractivity contribution in [2.75, 3.05) is 0 Å². The minimum atomic E-state index is -2.64. The van der Waals surface area contributed by atoms with E-state index in [2.05, 4.69) is 243 Å². The zero-order valence-corrected chi connectivity index (χ0v) is 32.6. The molecule has 1 heteroatoms. The van der Waals surface area contributed by atoms with E-state index < -0.39 is 8.07 Å². The van der Waals surface area contributed by atoms with Gasteiger partial charge >= 0.3 is 0 Å². The van der Waals surface area contributed by atoms with Gasteiger partial charge in [0, 0.05) is 0 Å². The van der Waals surface area contributed by atoms with Gasteiger partial charge in [-0.05, 0) is 98.9 Å². The molecular formula is C56H40Si. The number of hydrogen-bond acceptors (Lipinski definition) is 0. The second-order valence-electron chi connectivity index (χ2n) is 14.8. The van der Waals surface area contributed by atoms with Crippen LogP contribution in [0.4, 0.5) is 0 Å². The van der Waals surface area contributed by atoms with Gasteiger partial charge in [0.25, 0.3) is 0 Å². The summed E-state index contributed by atoms with van der Waals surface area (Å²) < 4.78 is 0. The Balaban J connectivity index is 1.14. The molecule has 0 nitrogen and oxygen atoms in total. The predicted octanol–water partition coefficient (Wildman–Crippen LogP) is 12.0. The van der Waals surface area contributed by atoms with Crippen LogP contribution in [0.5, 0.6) is 0 Å². The van der Waals surface area contributed by atoms with Crippen molar-refractivity contribution < 1.29 is 0 Å². The van der Waals surface area contributed by atoms with Crippen molar-refractivity contribution in [2.24, 2.45) is 0 Å². The summed E-state index contributed by atoms with van der Waals surface area (Å²) in [5.41, 5.74) is 9.86. The average Bonchev–Trinajstić information content (AvgIpc) is 3.30. The van der Waals surface area contributed by atoms with Crippen LogP contribution in [-0.4, -0.2) is 8.07 Å². The van der Waals surface area contributed by atoms with E-state index in [0.29, 0.717) is 0 Å². The maximum Gasteiger partial charge on any atom is 0.179 e. The molecule has 57 heavy (non-hydrogen) atoms. The summed E-state index contributed by atoms with van der Waals surface area (Å²) in [5.74, 6) is 0. The van der Waals surface area contributed by atoms with Crippen LogP contribution in [0.25, 0.3) is 66.1 Å². The summed E-state index contributed by atoms with van der Waals surface area (Å²) in [6.45, 7) is 0. The van der Waals surface area contributed by atoms with E-state index in [-0.39, 0.29) is 0 Å². The third kappa shape index (κ3) is 6.10. The molecule has 0 fully saturated rings. The molecule has 10 rings (SSSR count). The standard InChI is InChI=1S/C56H40Si/c1-5-19-41(20-6-1)43-21-17-22-44(39-43)45-23-18-24-46(40-45)56-53-33-15-13-31-51(53)55(52-32-14-16-34-54(52)56)42-35-37-50(38-36-42)57(47-25-7-2-8-26-47,48-27-9-3-10-28-48)49-29-11-4-12-30-49/h1-40H. The second-order valence-corrected chi connectivity index (χ2v) is 18.6. The van der Waals surface area contributed by atoms with Gasteiger partial charge in [0.2, 0.25) is 0 Å². The second kappa shape index (κ2) is 14.9. The monoisotopic (exact) mass is 740 g/mol. The Morgan fingerprint density at radius 1 is 0.193 bits per heavy atom.